The largest absolute Gasteiger partial charge is 0.338 e. The van der Waals surface area contributed by atoms with E-state index in [1.54, 1.807) is 11.8 Å². The Balaban J connectivity index is 1.06. The Kier molecular flexibility index (Phi) is 9.36. The number of hydrogen-bond acceptors (Lipinski definition) is 5. The number of para-hydroxylation sites is 2. The molecule has 4 aromatic rings. The van der Waals surface area contributed by atoms with Crippen LogP contribution < -0.4 is 4.72 Å². The molecule has 1 amide bonds. The molecule has 3 aromatic carbocycles. The average Bonchev–Trinajstić information content (AvgIpc) is 3.56. The second-order valence-corrected chi connectivity index (χ2v) is 15.8. The van der Waals surface area contributed by atoms with E-state index in [1.165, 1.54) is 23.9 Å². The molecule has 7 rings (SSSR count). The monoisotopic (exact) mass is 689 g/mol. The number of fused-ring (bicyclic) bond motifs is 3. The van der Waals surface area contributed by atoms with E-state index >= 15 is 4.39 Å². The van der Waals surface area contributed by atoms with Crippen molar-refractivity contribution in [2.45, 2.75) is 93.7 Å². The van der Waals surface area contributed by atoms with Crippen LogP contribution in [0.4, 0.5) is 8.78 Å². The third-order valence-corrected chi connectivity index (χ3v) is 12.8. The Morgan fingerprint density at radius 2 is 1.61 bits per heavy atom. The molecule has 3 aliphatic heterocycles. The molecule has 0 spiro atoms. The SMILES string of the molecule is CCCNS(=O)(=O)c1cc(C(=O)N2CCC(CCN3[C@@H]4CC[C@H]3CC(n3c(C)nc5ccccc53)C4)(c3ccccc3)CC2)c(F)cc1F. The zero-order chi connectivity index (χ0) is 34.3. The number of nitrogens with one attached hydrogen (secondary N) is 1. The third kappa shape index (κ3) is 6.41. The number of benzene rings is 3. The molecule has 3 aliphatic rings. The first kappa shape index (κ1) is 33.8. The molecule has 3 saturated heterocycles. The fourth-order valence-electron chi connectivity index (χ4n) is 8.79. The van der Waals surface area contributed by atoms with Crippen molar-refractivity contribution < 1.29 is 22.0 Å². The minimum atomic E-state index is -4.23. The number of imidazole rings is 1. The van der Waals surface area contributed by atoms with Gasteiger partial charge in [-0.3, -0.25) is 9.69 Å². The van der Waals surface area contributed by atoms with Crippen LogP contribution in [0.5, 0.6) is 0 Å². The summed E-state index contributed by atoms with van der Waals surface area (Å²) in [6, 6.07) is 21.7. The molecular weight excluding hydrogens is 645 g/mol. The summed E-state index contributed by atoms with van der Waals surface area (Å²) in [5.74, 6) is -1.82. The van der Waals surface area contributed by atoms with Gasteiger partial charge in [0.25, 0.3) is 5.91 Å². The second kappa shape index (κ2) is 13.6. The number of hydrogen-bond donors (Lipinski definition) is 1. The smallest absolute Gasteiger partial charge is 0.256 e. The summed E-state index contributed by atoms with van der Waals surface area (Å²) in [5, 5.41) is 0. The lowest BCUT2D eigenvalue weighted by Gasteiger charge is -2.45. The van der Waals surface area contributed by atoms with Crippen molar-refractivity contribution in [1.29, 1.82) is 0 Å². The molecule has 11 heteroatoms. The molecule has 0 aliphatic carbocycles. The molecular formula is C38H45F2N5O3S. The van der Waals surface area contributed by atoms with Crippen molar-refractivity contribution in [3.8, 4) is 0 Å². The molecule has 1 N–H and O–H groups in total. The molecule has 8 nitrogen and oxygen atoms in total. The highest BCUT2D eigenvalue weighted by atomic mass is 32.2. The first-order chi connectivity index (χ1) is 23.6. The van der Waals surface area contributed by atoms with E-state index in [9.17, 15) is 17.6 Å². The summed E-state index contributed by atoms with van der Waals surface area (Å²) in [4.78, 5) is 22.1. The Labute approximate surface area is 287 Å². The summed E-state index contributed by atoms with van der Waals surface area (Å²) in [7, 11) is -4.23. The zero-order valence-electron chi connectivity index (χ0n) is 28.2. The minimum absolute atomic E-state index is 0.108. The highest BCUT2D eigenvalue weighted by Gasteiger charge is 2.44. The number of piperidine rings is 2. The molecule has 3 fully saturated rings. The van der Waals surface area contributed by atoms with E-state index in [4.69, 9.17) is 4.98 Å². The van der Waals surface area contributed by atoms with E-state index < -0.39 is 38.0 Å². The van der Waals surface area contributed by atoms with Gasteiger partial charge in [0.15, 0.2) is 0 Å². The third-order valence-electron chi connectivity index (χ3n) is 11.3. The zero-order valence-corrected chi connectivity index (χ0v) is 29.1. The molecule has 1 unspecified atom stereocenters. The van der Waals surface area contributed by atoms with Crippen molar-refractivity contribution in [2.24, 2.45) is 0 Å². The number of likely N-dealkylation sites (tertiary alicyclic amines) is 1. The molecule has 1 aromatic heterocycles. The van der Waals surface area contributed by atoms with Gasteiger partial charge < -0.3 is 9.47 Å². The van der Waals surface area contributed by atoms with Crippen LogP contribution in [0.1, 0.15) is 86.1 Å². The minimum Gasteiger partial charge on any atom is -0.338 e. The number of halogens is 2. The van der Waals surface area contributed by atoms with Gasteiger partial charge in [0, 0.05) is 43.8 Å². The maximum atomic E-state index is 15.0. The maximum Gasteiger partial charge on any atom is 0.256 e. The van der Waals surface area contributed by atoms with Crippen LogP contribution in [-0.2, 0) is 15.4 Å². The van der Waals surface area contributed by atoms with Crippen LogP contribution in [0.3, 0.4) is 0 Å². The number of amides is 1. The lowest BCUT2D eigenvalue weighted by atomic mass is 9.70. The number of rotatable bonds is 10. The quantitative estimate of drug-likeness (QED) is 0.199. The van der Waals surface area contributed by atoms with Gasteiger partial charge in [-0.25, -0.2) is 26.9 Å². The van der Waals surface area contributed by atoms with Crippen LogP contribution in [-0.4, -0.2) is 71.9 Å². The lowest BCUT2D eigenvalue weighted by molar-refractivity contribution is 0.0602. The lowest BCUT2D eigenvalue weighted by Crippen LogP contribution is -2.49. The molecule has 260 valence electrons. The predicted octanol–water partition coefficient (Wildman–Crippen LogP) is 6.74. The van der Waals surface area contributed by atoms with Gasteiger partial charge in [0.05, 0.1) is 16.6 Å². The normalized spacial score (nSPS) is 22.5. The summed E-state index contributed by atoms with van der Waals surface area (Å²) >= 11 is 0. The Hall–Kier alpha value is -3.67. The first-order valence-electron chi connectivity index (χ1n) is 17.6. The van der Waals surface area contributed by atoms with Gasteiger partial charge in [-0.05, 0) is 94.0 Å². The van der Waals surface area contributed by atoms with Gasteiger partial charge in [-0.15, -0.1) is 0 Å². The number of carbonyl (C=O) groups excluding carboxylic acids is 1. The van der Waals surface area contributed by atoms with Gasteiger partial charge in [0.2, 0.25) is 10.0 Å². The van der Waals surface area contributed by atoms with Crippen molar-refractivity contribution in [1.82, 2.24) is 24.1 Å². The Morgan fingerprint density at radius 3 is 2.31 bits per heavy atom. The fraction of sp³-hybridized carbons (Fsp3) is 0.474. The fourth-order valence-corrected chi connectivity index (χ4v) is 10.0. The molecule has 0 radical (unpaired) electrons. The van der Waals surface area contributed by atoms with E-state index in [-0.39, 0.29) is 12.0 Å². The van der Waals surface area contributed by atoms with Gasteiger partial charge in [0.1, 0.15) is 22.4 Å². The average molecular weight is 690 g/mol. The topological polar surface area (TPSA) is 87.5 Å². The highest BCUT2D eigenvalue weighted by Crippen LogP contribution is 2.45. The molecule has 49 heavy (non-hydrogen) atoms. The summed E-state index contributed by atoms with van der Waals surface area (Å²) < 4.78 is 59.8. The van der Waals surface area contributed by atoms with Crippen molar-refractivity contribution in [3.05, 3.63) is 95.3 Å². The van der Waals surface area contributed by atoms with Gasteiger partial charge in [-0.1, -0.05) is 49.4 Å². The standard InChI is InChI=1S/C38H45F2N5O3S/c1-3-18-41-49(47,48)36-24-31(32(39)25-33(36)40)37(46)43-19-15-38(16-20-43,27-9-5-4-6-10-27)17-21-44-28-13-14-29(44)23-30(22-28)45-26(2)42-34-11-7-8-12-35(34)45/h4-12,24-25,28-30,41H,3,13-23H2,1-2H3/t28-,29+,30?. The van der Waals surface area contributed by atoms with Gasteiger partial charge in [-0.2, -0.15) is 0 Å². The number of carbonyl (C=O) groups is 1. The van der Waals surface area contributed by atoms with E-state index in [1.807, 2.05) is 12.1 Å². The van der Waals surface area contributed by atoms with Crippen LogP contribution in [0.2, 0.25) is 0 Å². The molecule has 2 bridgehead atoms. The van der Waals surface area contributed by atoms with E-state index in [2.05, 4.69) is 63.6 Å². The molecule has 0 saturated carbocycles. The second-order valence-electron chi connectivity index (χ2n) is 14.1. The Morgan fingerprint density at radius 1 is 0.939 bits per heavy atom. The number of aryl methyl sites for hydroxylation is 1. The van der Waals surface area contributed by atoms with Crippen LogP contribution >= 0.6 is 0 Å². The molecule has 4 heterocycles. The van der Waals surface area contributed by atoms with Crippen molar-refractivity contribution in [2.75, 3.05) is 26.2 Å². The number of sulfonamides is 1. The number of aromatic nitrogens is 2. The number of nitrogens with zero attached hydrogens (tertiary/aromatic N) is 4. The van der Waals surface area contributed by atoms with E-state index in [0.29, 0.717) is 56.5 Å². The summed E-state index contributed by atoms with van der Waals surface area (Å²) in [5.41, 5.74) is 2.93. The highest BCUT2D eigenvalue weighted by molar-refractivity contribution is 7.89. The van der Waals surface area contributed by atoms with E-state index in [0.717, 1.165) is 43.2 Å². The Bertz CT molecular complexity index is 1930. The van der Waals surface area contributed by atoms with Crippen LogP contribution in [0.15, 0.2) is 71.6 Å². The summed E-state index contributed by atoms with van der Waals surface area (Å²) in [6.45, 7) is 5.75. The van der Waals surface area contributed by atoms with Crippen LogP contribution in [0, 0.1) is 18.6 Å². The van der Waals surface area contributed by atoms with Gasteiger partial charge >= 0.3 is 0 Å². The van der Waals surface area contributed by atoms with Crippen LogP contribution in [0.25, 0.3) is 11.0 Å². The summed E-state index contributed by atoms with van der Waals surface area (Å²) in [6.07, 6.45) is 7.44. The maximum absolute atomic E-state index is 15.0. The predicted molar refractivity (Wildman–Crippen MR) is 186 cm³/mol. The van der Waals surface area contributed by atoms with Crippen molar-refractivity contribution >= 4 is 27.0 Å². The first-order valence-corrected chi connectivity index (χ1v) is 19.1. The van der Waals surface area contributed by atoms with Crippen molar-refractivity contribution in [3.63, 3.8) is 0 Å². The molecule has 3 atom stereocenters.